The summed E-state index contributed by atoms with van der Waals surface area (Å²) >= 11 is 1.74. The number of rotatable bonds is 3. The fraction of sp³-hybridized carbons (Fsp3) is 0.231. The van der Waals surface area contributed by atoms with E-state index in [1.54, 1.807) is 23.5 Å². The van der Waals surface area contributed by atoms with Gasteiger partial charge in [-0.3, -0.25) is 0 Å². The Morgan fingerprint density at radius 1 is 1.19 bits per heavy atom. The van der Waals surface area contributed by atoms with E-state index in [0.29, 0.717) is 0 Å². The standard InChI is InChI=1S/C13H14FNS/c1-9-5-6-16-13(9)8-15-12-4-3-11(14)7-10(12)2/h3-7,15H,8H2,1-2H3. The molecule has 1 N–H and O–H groups in total. The van der Waals surface area contributed by atoms with Gasteiger partial charge in [0.05, 0.1) is 0 Å². The first-order chi connectivity index (χ1) is 7.66. The van der Waals surface area contributed by atoms with Crippen LogP contribution in [0.5, 0.6) is 0 Å². The Balaban J connectivity index is 2.08. The first kappa shape index (κ1) is 11.1. The number of hydrogen-bond acceptors (Lipinski definition) is 2. The quantitative estimate of drug-likeness (QED) is 0.844. The van der Waals surface area contributed by atoms with Crippen molar-refractivity contribution in [1.82, 2.24) is 0 Å². The van der Waals surface area contributed by atoms with Gasteiger partial charge in [0.15, 0.2) is 0 Å². The van der Waals surface area contributed by atoms with Crippen LogP contribution < -0.4 is 5.32 Å². The lowest BCUT2D eigenvalue weighted by atomic mass is 10.2. The van der Waals surface area contributed by atoms with Gasteiger partial charge in [0.1, 0.15) is 5.82 Å². The van der Waals surface area contributed by atoms with Gasteiger partial charge in [-0.05, 0) is 54.6 Å². The molecule has 0 bridgehead atoms. The molecule has 0 atom stereocenters. The molecule has 0 fully saturated rings. The van der Waals surface area contributed by atoms with E-state index in [9.17, 15) is 4.39 Å². The average molecular weight is 235 g/mol. The Hall–Kier alpha value is -1.35. The molecular formula is C13H14FNS. The van der Waals surface area contributed by atoms with Gasteiger partial charge in [0, 0.05) is 17.1 Å². The second-order valence-electron chi connectivity index (χ2n) is 3.84. The first-order valence-electron chi connectivity index (χ1n) is 5.20. The van der Waals surface area contributed by atoms with Crippen molar-refractivity contribution in [3.05, 3.63) is 51.5 Å². The van der Waals surface area contributed by atoms with Gasteiger partial charge in [-0.25, -0.2) is 4.39 Å². The topological polar surface area (TPSA) is 12.0 Å². The van der Waals surface area contributed by atoms with Gasteiger partial charge in [0.25, 0.3) is 0 Å². The number of halogens is 1. The van der Waals surface area contributed by atoms with Crippen molar-refractivity contribution in [2.24, 2.45) is 0 Å². The molecule has 0 amide bonds. The van der Waals surface area contributed by atoms with Crippen molar-refractivity contribution in [2.75, 3.05) is 5.32 Å². The van der Waals surface area contributed by atoms with Crippen LogP contribution in [-0.2, 0) is 6.54 Å². The lowest BCUT2D eigenvalue weighted by molar-refractivity contribution is 0.627. The molecule has 0 saturated heterocycles. The Morgan fingerprint density at radius 3 is 2.62 bits per heavy atom. The molecule has 0 aliphatic heterocycles. The van der Waals surface area contributed by atoms with Crippen molar-refractivity contribution >= 4 is 17.0 Å². The van der Waals surface area contributed by atoms with E-state index < -0.39 is 0 Å². The molecule has 1 aromatic heterocycles. The molecule has 0 unspecified atom stereocenters. The van der Waals surface area contributed by atoms with Gasteiger partial charge in [-0.2, -0.15) is 0 Å². The summed E-state index contributed by atoms with van der Waals surface area (Å²) in [4.78, 5) is 1.32. The smallest absolute Gasteiger partial charge is 0.123 e. The molecule has 16 heavy (non-hydrogen) atoms. The highest BCUT2D eigenvalue weighted by Gasteiger charge is 2.02. The summed E-state index contributed by atoms with van der Waals surface area (Å²) in [5.74, 6) is -0.185. The molecule has 1 heterocycles. The number of nitrogens with one attached hydrogen (secondary N) is 1. The summed E-state index contributed by atoms with van der Waals surface area (Å²) in [7, 11) is 0. The normalized spacial score (nSPS) is 10.4. The lowest BCUT2D eigenvalue weighted by Gasteiger charge is -2.09. The minimum absolute atomic E-state index is 0.185. The molecule has 1 nitrogen and oxygen atoms in total. The van der Waals surface area contributed by atoms with E-state index in [-0.39, 0.29) is 5.82 Å². The van der Waals surface area contributed by atoms with E-state index in [1.807, 2.05) is 6.92 Å². The molecular weight excluding hydrogens is 221 g/mol. The predicted octanol–water partition coefficient (Wildman–Crippen LogP) is 4.12. The zero-order valence-electron chi connectivity index (χ0n) is 9.38. The molecule has 0 saturated carbocycles. The van der Waals surface area contributed by atoms with Crippen molar-refractivity contribution in [3.8, 4) is 0 Å². The molecule has 84 valence electrons. The summed E-state index contributed by atoms with van der Waals surface area (Å²) in [6, 6.07) is 6.92. The Bertz CT molecular complexity index is 490. The predicted molar refractivity (Wildman–Crippen MR) is 67.5 cm³/mol. The number of aryl methyl sites for hydroxylation is 2. The first-order valence-corrected chi connectivity index (χ1v) is 6.08. The Labute approximate surface area is 98.9 Å². The number of hydrogen-bond donors (Lipinski definition) is 1. The van der Waals surface area contributed by atoms with Crippen LogP contribution in [0.4, 0.5) is 10.1 Å². The Morgan fingerprint density at radius 2 is 2.00 bits per heavy atom. The second-order valence-corrected chi connectivity index (χ2v) is 4.84. The van der Waals surface area contributed by atoms with Gasteiger partial charge in [0.2, 0.25) is 0 Å². The third-order valence-corrected chi connectivity index (χ3v) is 3.62. The van der Waals surface area contributed by atoms with Crippen LogP contribution >= 0.6 is 11.3 Å². The van der Waals surface area contributed by atoms with E-state index >= 15 is 0 Å². The van der Waals surface area contributed by atoms with Crippen LogP contribution in [0, 0.1) is 19.7 Å². The molecule has 2 rings (SSSR count). The molecule has 0 radical (unpaired) electrons. The van der Waals surface area contributed by atoms with Crippen molar-refractivity contribution in [2.45, 2.75) is 20.4 Å². The van der Waals surface area contributed by atoms with Crippen LogP contribution in [0.3, 0.4) is 0 Å². The zero-order valence-corrected chi connectivity index (χ0v) is 10.2. The Kier molecular flexibility index (Phi) is 3.25. The van der Waals surface area contributed by atoms with E-state index in [2.05, 4.69) is 23.7 Å². The van der Waals surface area contributed by atoms with Crippen molar-refractivity contribution in [3.63, 3.8) is 0 Å². The minimum Gasteiger partial charge on any atom is -0.380 e. The highest BCUT2D eigenvalue weighted by Crippen LogP contribution is 2.20. The van der Waals surface area contributed by atoms with Crippen LogP contribution in [-0.4, -0.2) is 0 Å². The highest BCUT2D eigenvalue weighted by molar-refractivity contribution is 7.10. The third-order valence-electron chi connectivity index (χ3n) is 2.60. The summed E-state index contributed by atoms with van der Waals surface area (Å²) in [6.07, 6.45) is 0. The van der Waals surface area contributed by atoms with Crippen LogP contribution in [0.1, 0.15) is 16.0 Å². The fourth-order valence-corrected chi connectivity index (χ4v) is 2.43. The highest BCUT2D eigenvalue weighted by atomic mass is 32.1. The van der Waals surface area contributed by atoms with E-state index in [1.165, 1.54) is 16.5 Å². The lowest BCUT2D eigenvalue weighted by Crippen LogP contribution is -2.00. The molecule has 2 aromatic rings. The van der Waals surface area contributed by atoms with Crippen molar-refractivity contribution < 1.29 is 4.39 Å². The number of anilines is 1. The largest absolute Gasteiger partial charge is 0.380 e. The van der Waals surface area contributed by atoms with Gasteiger partial charge in [-0.15, -0.1) is 11.3 Å². The van der Waals surface area contributed by atoms with E-state index in [4.69, 9.17) is 0 Å². The summed E-state index contributed by atoms with van der Waals surface area (Å²) < 4.78 is 12.9. The minimum atomic E-state index is -0.185. The molecule has 1 aromatic carbocycles. The maximum absolute atomic E-state index is 12.9. The molecule has 3 heteroatoms. The molecule has 0 aliphatic rings. The van der Waals surface area contributed by atoms with Crippen LogP contribution in [0.2, 0.25) is 0 Å². The fourth-order valence-electron chi connectivity index (χ4n) is 1.59. The van der Waals surface area contributed by atoms with Crippen molar-refractivity contribution in [1.29, 1.82) is 0 Å². The average Bonchev–Trinajstić information content (AvgIpc) is 2.63. The number of thiophene rings is 1. The van der Waals surface area contributed by atoms with Crippen LogP contribution in [0.25, 0.3) is 0 Å². The van der Waals surface area contributed by atoms with Gasteiger partial charge >= 0.3 is 0 Å². The summed E-state index contributed by atoms with van der Waals surface area (Å²) in [5, 5.41) is 5.41. The number of benzene rings is 1. The SMILES string of the molecule is Cc1cc(F)ccc1NCc1sccc1C. The van der Waals surface area contributed by atoms with Gasteiger partial charge < -0.3 is 5.32 Å². The van der Waals surface area contributed by atoms with E-state index in [0.717, 1.165) is 17.8 Å². The van der Waals surface area contributed by atoms with Crippen LogP contribution in [0.15, 0.2) is 29.6 Å². The third kappa shape index (κ3) is 2.42. The molecule has 0 aliphatic carbocycles. The molecule has 0 spiro atoms. The second kappa shape index (κ2) is 4.66. The maximum Gasteiger partial charge on any atom is 0.123 e. The summed E-state index contributed by atoms with van der Waals surface area (Å²) in [5.41, 5.74) is 3.24. The monoisotopic (exact) mass is 235 g/mol. The maximum atomic E-state index is 12.9. The van der Waals surface area contributed by atoms with Gasteiger partial charge in [-0.1, -0.05) is 0 Å². The zero-order chi connectivity index (χ0) is 11.5. The summed E-state index contributed by atoms with van der Waals surface area (Å²) in [6.45, 7) is 4.81.